The lowest BCUT2D eigenvalue weighted by molar-refractivity contribution is 0.565. The van der Waals surface area contributed by atoms with E-state index >= 15 is 0 Å². The fourth-order valence-corrected chi connectivity index (χ4v) is 0.830. The van der Waals surface area contributed by atoms with Crippen LogP contribution >= 0.6 is 0 Å². The molecule has 1 rings (SSSR count). The van der Waals surface area contributed by atoms with Crippen molar-refractivity contribution in [1.82, 2.24) is 5.32 Å². The molecule has 0 aromatic carbocycles. The Labute approximate surface area is 44.1 Å². The maximum absolute atomic E-state index is 5.62. The van der Waals surface area contributed by atoms with Gasteiger partial charge in [0.15, 0.2) is 0 Å². The largest absolute Gasteiger partial charge is 0.326 e. The molecule has 2 nitrogen and oxygen atoms in total. The minimum atomic E-state index is 0.403. The number of nitrogens with one attached hydrogen (secondary N) is 1. The van der Waals surface area contributed by atoms with E-state index in [2.05, 4.69) is 12.2 Å². The predicted octanol–water partition coefficient (Wildman–Crippen LogP) is -0.447. The van der Waals surface area contributed by atoms with Gasteiger partial charge in [0.2, 0.25) is 0 Å². The van der Waals surface area contributed by atoms with Crippen LogP contribution in [0.25, 0.3) is 0 Å². The van der Waals surface area contributed by atoms with Gasteiger partial charge in [0, 0.05) is 12.6 Å². The van der Waals surface area contributed by atoms with Gasteiger partial charge in [0.05, 0.1) is 0 Å². The molecule has 7 heavy (non-hydrogen) atoms. The molecule has 1 unspecified atom stereocenters. The van der Waals surface area contributed by atoms with E-state index in [1.807, 2.05) is 0 Å². The van der Waals surface area contributed by atoms with E-state index in [0.29, 0.717) is 12.0 Å². The number of hydrogen-bond donors (Lipinski definition) is 2. The first-order valence-electron chi connectivity index (χ1n) is 2.77. The molecule has 0 aromatic rings. The summed E-state index contributed by atoms with van der Waals surface area (Å²) < 4.78 is 0. The summed E-state index contributed by atoms with van der Waals surface area (Å²) in [5.74, 6) is 0.681. The van der Waals surface area contributed by atoms with Crippen LogP contribution in [0, 0.1) is 5.92 Å². The van der Waals surface area contributed by atoms with E-state index in [9.17, 15) is 0 Å². The zero-order chi connectivity index (χ0) is 5.28. The van der Waals surface area contributed by atoms with E-state index in [4.69, 9.17) is 5.73 Å². The molecule has 3 N–H and O–H groups in total. The van der Waals surface area contributed by atoms with Crippen molar-refractivity contribution in [2.24, 2.45) is 11.7 Å². The van der Waals surface area contributed by atoms with Gasteiger partial charge in [-0.15, -0.1) is 0 Å². The van der Waals surface area contributed by atoms with E-state index in [0.717, 1.165) is 13.1 Å². The smallest absolute Gasteiger partial charge is 0.0203 e. The van der Waals surface area contributed by atoms with Crippen molar-refractivity contribution < 1.29 is 0 Å². The van der Waals surface area contributed by atoms with E-state index in [1.54, 1.807) is 0 Å². The molecule has 1 heterocycles. The van der Waals surface area contributed by atoms with Gasteiger partial charge >= 0.3 is 0 Å². The lowest BCUT2D eigenvalue weighted by Gasteiger charge is -2.03. The highest BCUT2D eigenvalue weighted by atomic mass is 15.0. The highest BCUT2D eigenvalue weighted by Gasteiger charge is 2.17. The third kappa shape index (κ3) is 0.924. The molecule has 42 valence electrons. The standard InChI is InChI=1S/C5H12N2/c1-4-2-7-3-5(4)6/h4-5,7H,2-3,6H2,1H3/t4?,5-/m1/s1. The minimum absolute atomic E-state index is 0.403. The van der Waals surface area contributed by atoms with Crippen LogP contribution in [0.3, 0.4) is 0 Å². The Morgan fingerprint density at radius 1 is 1.57 bits per heavy atom. The molecule has 2 atom stereocenters. The summed E-state index contributed by atoms with van der Waals surface area (Å²) in [4.78, 5) is 0. The lowest BCUT2D eigenvalue weighted by atomic mass is 10.1. The normalized spacial score (nSPS) is 42.0. The summed E-state index contributed by atoms with van der Waals surface area (Å²) in [6.07, 6.45) is 0. The fraction of sp³-hybridized carbons (Fsp3) is 1.00. The minimum Gasteiger partial charge on any atom is -0.326 e. The van der Waals surface area contributed by atoms with Crippen LogP contribution in [-0.4, -0.2) is 19.1 Å². The SMILES string of the molecule is CC1CNC[C@H]1N. The van der Waals surface area contributed by atoms with Gasteiger partial charge in [0.25, 0.3) is 0 Å². The van der Waals surface area contributed by atoms with Gasteiger partial charge in [0.1, 0.15) is 0 Å². The molecule has 1 aliphatic rings. The van der Waals surface area contributed by atoms with Crippen LogP contribution in [-0.2, 0) is 0 Å². The topological polar surface area (TPSA) is 38.0 Å². The second-order valence-electron chi connectivity index (χ2n) is 2.30. The molecule has 2 heteroatoms. The molecule has 1 saturated heterocycles. The number of hydrogen-bond acceptors (Lipinski definition) is 2. The molecule has 1 fully saturated rings. The molecule has 0 radical (unpaired) electrons. The van der Waals surface area contributed by atoms with Crippen molar-refractivity contribution in [3.8, 4) is 0 Å². The molecule has 0 amide bonds. The van der Waals surface area contributed by atoms with Crippen LogP contribution in [0.4, 0.5) is 0 Å². The molecular weight excluding hydrogens is 88.1 g/mol. The summed E-state index contributed by atoms with van der Waals surface area (Å²) >= 11 is 0. The number of rotatable bonds is 0. The number of nitrogens with two attached hydrogens (primary N) is 1. The highest BCUT2D eigenvalue weighted by Crippen LogP contribution is 2.02. The first-order valence-corrected chi connectivity index (χ1v) is 2.77. The predicted molar refractivity (Wildman–Crippen MR) is 30.0 cm³/mol. The zero-order valence-electron chi connectivity index (χ0n) is 4.65. The van der Waals surface area contributed by atoms with E-state index < -0.39 is 0 Å². The summed E-state index contributed by atoms with van der Waals surface area (Å²) in [5, 5.41) is 3.20. The zero-order valence-corrected chi connectivity index (χ0v) is 4.65. The molecule has 0 bridgehead atoms. The van der Waals surface area contributed by atoms with Crippen LogP contribution in [0.1, 0.15) is 6.92 Å². The second kappa shape index (κ2) is 1.80. The van der Waals surface area contributed by atoms with Crippen molar-refractivity contribution in [2.45, 2.75) is 13.0 Å². The molecule has 0 aliphatic carbocycles. The van der Waals surface area contributed by atoms with Crippen LogP contribution in [0.2, 0.25) is 0 Å². The van der Waals surface area contributed by atoms with Crippen molar-refractivity contribution in [3.63, 3.8) is 0 Å². The third-order valence-electron chi connectivity index (χ3n) is 1.58. The van der Waals surface area contributed by atoms with Crippen LogP contribution in [0.5, 0.6) is 0 Å². The van der Waals surface area contributed by atoms with Gasteiger partial charge in [-0.1, -0.05) is 6.92 Å². The Hall–Kier alpha value is -0.0800. The molecule has 0 saturated carbocycles. The van der Waals surface area contributed by atoms with Crippen LogP contribution in [0.15, 0.2) is 0 Å². The average molecular weight is 100 g/mol. The van der Waals surface area contributed by atoms with Crippen molar-refractivity contribution >= 4 is 0 Å². The lowest BCUT2D eigenvalue weighted by Crippen LogP contribution is -2.26. The Kier molecular flexibility index (Phi) is 1.30. The molecular formula is C5H12N2. The van der Waals surface area contributed by atoms with Gasteiger partial charge in [-0.05, 0) is 12.5 Å². The van der Waals surface area contributed by atoms with Gasteiger partial charge < -0.3 is 11.1 Å². The summed E-state index contributed by atoms with van der Waals surface area (Å²) in [7, 11) is 0. The molecule has 1 aliphatic heterocycles. The van der Waals surface area contributed by atoms with Crippen molar-refractivity contribution in [2.75, 3.05) is 13.1 Å². The Bertz CT molecular complexity index is 55.1. The second-order valence-corrected chi connectivity index (χ2v) is 2.30. The fourth-order valence-electron chi connectivity index (χ4n) is 0.830. The quantitative estimate of drug-likeness (QED) is 0.433. The van der Waals surface area contributed by atoms with Gasteiger partial charge in [-0.25, -0.2) is 0 Å². The maximum Gasteiger partial charge on any atom is 0.0203 e. The van der Waals surface area contributed by atoms with Crippen molar-refractivity contribution in [1.29, 1.82) is 0 Å². The first kappa shape index (κ1) is 5.06. The third-order valence-corrected chi connectivity index (χ3v) is 1.58. The van der Waals surface area contributed by atoms with Crippen molar-refractivity contribution in [3.05, 3.63) is 0 Å². The summed E-state index contributed by atoms with van der Waals surface area (Å²) in [6, 6.07) is 0.403. The van der Waals surface area contributed by atoms with E-state index in [1.165, 1.54) is 0 Å². The monoisotopic (exact) mass is 100 g/mol. The van der Waals surface area contributed by atoms with Gasteiger partial charge in [-0.3, -0.25) is 0 Å². The maximum atomic E-state index is 5.62. The molecule has 0 spiro atoms. The Morgan fingerprint density at radius 3 is 2.43 bits per heavy atom. The average Bonchev–Trinajstić information content (AvgIpc) is 1.91. The van der Waals surface area contributed by atoms with Crippen LogP contribution < -0.4 is 11.1 Å². The molecule has 0 aromatic heterocycles. The Morgan fingerprint density at radius 2 is 2.29 bits per heavy atom. The Balaban J connectivity index is 2.33. The van der Waals surface area contributed by atoms with E-state index in [-0.39, 0.29) is 0 Å². The van der Waals surface area contributed by atoms with Gasteiger partial charge in [-0.2, -0.15) is 0 Å². The first-order chi connectivity index (χ1) is 3.30. The summed E-state index contributed by atoms with van der Waals surface area (Å²) in [5.41, 5.74) is 5.62. The summed E-state index contributed by atoms with van der Waals surface area (Å²) in [6.45, 7) is 4.27. The highest BCUT2D eigenvalue weighted by molar-refractivity contribution is 4.79.